The summed E-state index contributed by atoms with van der Waals surface area (Å²) >= 11 is 0. The predicted octanol–water partition coefficient (Wildman–Crippen LogP) is 3.28. The quantitative estimate of drug-likeness (QED) is 0.0951. The zero-order valence-corrected chi connectivity index (χ0v) is 18.1. The molecule has 0 bridgehead atoms. The van der Waals surface area contributed by atoms with Crippen LogP contribution in [0.15, 0.2) is 26.3 Å². The molecule has 0 spiro atoms. The van der Waals surface area contributed by atoms with Gasteiger partial charge in [0.2, 0.25) is 0 Å². The van der Waals surface area contributed by atoms with Gasteiger partial charge in [-0.05, 0) is 38.0 Å². The molecule has 162 valence electrons. The number of unbranched alkanes of at least 4 members (excludes halogenated alkanes) is 1. The molecule has 0 fully saturated rings. The van der Waals surface area contributed by atoms with Crippen molar-refractivity contribution in [2.45, 2.75) is 19.3 Å². The van der Waals surface area contributed by atoms with Gasteiger partial charge in [0.25, 0.3) is 0 Å². The van der Waals surface area contributed by atoms with Gasteiger partial charge in [-0.15, -0.1) is 26.3 Å². The SMILES string of the molecule is C=C.C=C.CN(C)CCCCC(C(=O)O)C(=O)O.O=[P+]([O-])OO.[HH].[NH2-].[NH2-].[Pt+2]. The van der Waals surface area contributed by atoms with Gasteiger partial charge in [-0.3, -0.25) is 9.59 Å². The van der Waals surface area contributed by atoms with Gasteiger partial charge in [0, 0.05) is 6.10 Å². The van der Waals surface area contributed by atoms with Crippen molar-refractivity contribution in [2.24, 2.45) is 5.92 Å². The molecule has 1 atom stereocenters. The number of aliphatic carboxylic acids is 2. The zero-order valence-electron chi connectivity index (χ0n) is 15.0. The largest absolute Gasteiger partial charge is 2.00 e. The summed E-state index contributed by atoms with van der Waals surface area (Å²) in [6.07, 6.45) is 1.66. The van der Waals surface area contributed by atoms with Gasteiger partial charge < -0.3 is 32.3 Å². The minimum Gasteiger partial charge on any atom is -0.693 e. The number of carboxylic acids is 2. The average Bonchev–Trinajstić information content (AvgIpc) is 2.50. The Kier molecular flexibility index (Phi) is 60.1. The van der Waals surface area contributed by atoms with Crippen molar-refractivity contribution >= 4 is 20.2 Å². The minimum atomic E-state index is -3.04. The van der Waals surface area contributed by atoms with E-state index in [9.17, 15) is 9.59 Å². The summed E-state index contributed by atoms with van der Waals surface area (Å²) in [7, 11) is 0.802. The minimum absolute atomic E-state index is 0. The van der Waals surface area contributed by atoms with Crippen LogP contribution in [0, 0.1) is 5.92 Å². The van der Waals surface area contributed by atoms with Crippen LogP contribution in [0.3, 0.4) is 0 Å². The molecule has 0 saturated carbocycles. The molecule has 0 amide bonds. The fourth-order valence-electron chi connectivity index (χ4n) is 1.13. The maximum absolute atomic E-state index is 10.5. The zero-order chi connectivity index (χ0) is 19.4. The normalized spacial score (nSPS) is 8.31. The van der Waals surface area contributed by atoms with Gasteiger partial charge in [-0.1, -0.05) is 6.42 Å². The number of hydrogen-bond donors (Lipinski definition) is 3. The van der Waals surface area contributed by atoms with Crippen molar-refractivity contribution in [3.8, 4) is 0 Å². The second kappa shape index (κ2) is 35.1. The monoisotopic (exact) mass is 584 g/mol. The van der Waals surface area contributed by atoms with Crippen LogP contribution in [0.2, 0.25) is 0 Å². The van der Waals surface area contributed by atoms with E-state index in [0.717, 1.165) is 13.0 Å². The van der Waals surface area contributed by atoms with E-state index in [1.54, 1.807) is 0 Å². The van der Waals surface area contributed by atoms with Crippen LogP contribution in [0.25, 0.3) is 12.3 Å². The van der Waals surface area contributed by atoms with Gasteiger partial charge >= 0.3 is 41.3 Å². The first kappa shape index (κ1) is 44.4. The van der Waals surface area contributed by atoms with Gasteiger partial charge in [0.15, 0.2) is 5.92 Å². The van der Waals surface area contributed by atoms with Crippen LogP contribution in [-0.4, -0.2) is 52.9 Å². The molecule has 0 aliphatic heterocycles. The molecule has 0 radical (unpaired) electrons. The molecule has 1 unspecified atom stereocenters. The Morgan fingerprint density at radius 3 is 1.62 bits per heavy atom. The number of carboxylic acid groups (broad SMARTS) is 2. The third-order valence-corrected chi connectivity index (χ3v) is 2.14. The molecular formula is C13H32N3O8PPt. The molecule has 0 rings (SSSR count). The molecule has 0 aliphatic carbocycles. The molecule has 13 heteroatoms. The van der Waals surface area contributed by atoms with E-state index in [1.165, 1.54) is 0 Å². The Hall–Kier alpha value is -1.03. The van der Waals surface area contributed by atoms with E-state index in [4.69, 9.17) is 24.9 Å². The third-order valence-electron chi connectivity index (χ3n) is 2.01. The van der Waals surface area contributed by atoms with Crippen molar-refractivity contribution in [3.63, 3.8) is 0 Å². The summed E-state index contributed by atoms with van der Waals surface area (Å²) in [6, 6.07) is 0. The predicted molar refractivity (Wildman–Crippen MR) is 97.7 cm³/mol. The smallest absolute Gasteiger partial charge is 0.693 e. The molecule has 0 saturated heterocycles. The molecule has 0 aromatic rings. The van der Waals surface area contributed by atoms with Crippen LogP contribution in [0.5, 0.6) is 0 Å². The summed E-state index contributed by atoms with van der Waals surface area (Å²) in [6.45, 7) is 12.9. The summed E-state index contributed by atoms with van der Waals surface area (Å²) in [5, 5.41) is 24.2. The molecule has 26 heavy (non-hydrogen) atoms. The third kappa shape index (κ3) is 43.5. The number of hydrogen-bond acceptors (Lipinski definition) is 7. The van der Waals surface area contributed by atoms with Crippen LogP contribution in [0.1, 0.15) is 20.7 Å². The molecule has 0 aromatic carbocycles. The summed E-state index contributed by atoms with van der Waals surface area (Å²) < 4.78 is 11.6. The number of nitrogens with two attached hydrogens (primary N) is 2. The van der Waals surface area contributed by atoms with Crippen LogP contribution in [-0.2, 0) is 39.9 Å². The Bertz CT molecular complexity index is 329. The van der Waals surface area contributed by atoms with E-state index in [-0.39, 0.29) is 41.2 Å². The van der Waals surface area contributed by atoms with Gasteiger partial charge in [0.1, 0.15) is 0 Å². The van der Waals surface area contributed by atoms with Gasteiger partial charge in [-0.2, -0.15) is 0 Å². The molecule has 0 aliphatic rings. The summed E-state index contributed by atoms with van der Waals surface area (Å²) in [5.74, 6) is -3.75. The van der Waals surface area contributed by atoms with Gasteiger partial charge in [-0.25, -0.2) is 5.26 Å². The van der Waals surface area contributed by atoms with Crippen molar-refractivity contribution in [1.82, 2.24) is 4.90 Å². The second-order valence-corrected chi connectivity index (χ2v) is 4.44. The fraction of sp³-hybridized carbons (Fsp3) is 0.538. The molecule has 7 N–H and O–H groups in total. The molecule has 11 nitrogen and oxygen atoms in total. The molecule has 0 heterocycles. The van der Waals surface area contributed by atoms with E-state index < -0.39 is 26.1 Å². The van der Waals surface area contributed by atoms with Crippen molar-refractivity contribution in [3.05, 3.63) is 38.6 Å². The van der Waals surface area contributed by atoms with E-state index in [2.05, 4.69) is 31.0 Å². The summed E-state index contributed by atoms with van der Waals surface area (Å²) in [4.78, 5) is 31.9. The van der Waals surface area contributed by atoms with Crippen LogP contribution in [0.4, 0.5) is 0 Å². The average molecular weight is 584 g/mol. The maximum atomic E-state index is 10.5. The molecular weight excluding hydrogens is 552 g/mol. The van der Waals surface area contributed by atoms with E-state index in [1.807, 2.05) is 19.0 Å². The summed E-state index contributed by atoms with van der Waals surface area (Å²) in [5.41, 5.74) is 0. The van der Waals surface area contributed by atoms with E-state index in [0.29, 0.717) is 6.42 Å². The Morgan fingerprint density at radius 2 is 1.42 bits per heavy atom. The fourth-order valence-corrected chi connectivity index (χ4v) is 1.13. The van der Waals surface area contributed by atoms with Crippen LogP contribution >= 0.6 is 8.25 Å². The van der Waals surface area contributed by atoms with Crippen LogP contribution < -0.4 is 4.89 Å². The van der Waals surface area contributed by atoms with E-state index >= 15 is 0 Å². The first-order valence-electron chi connectivity index (χ1n) is 6.28. The maximum Gasteiger partial charge on any atom is 2.00 e. The Labute approximate surface area is 171 Å². The van der Waals surface area contributed by atoms with Gasteiger partial charge in [0.05, 0.1) is 0 Å². The van der Waals surface area contributed by atoms with Crippen molar-refractivity contribution < 1.29 is 61.7 Å². The Morgan fingerprint density at radius 1 is 1.12 bits per heavy atom. The standard InChI is InChI=1S/C9H17NO4.2C2H4.2H2N.HO4P.Pt.H2/c1-10(2)6-4-3-5-7(8(11)12)9(13)14;2*1-2;;;1-4-5(2)3;;/h7H,3-6H2,1-2H3,(H,11,12)(H,13,14);2*1-2H2;2*1H2;1H;;1H/q;;;2*-1;;+2;. The second-order valence-electron chi connectivity index (χ2n) is 3.83. The van der Waals surface area contributed by atoms with Crippen molar-refractivity contribution in [1.29, 1.82) is 0 Å². The number of nitrogens with zero attached hydrogens (tertiary/aromatic N) is 1. The Balaban J connectivity index is -0.0000000400. The topological polar surface area (TPSA) is 214 Å². The molecule has 0 aromatic heterocycles. The first-order chi connectivity index (χ1) is 10.7. The number of carbonyl (C=O) groups is 2. The van der Waals surface area contributed by atoms with Crippen molar-refractivity contribution in [2.75, 3.05) is 20.6 Å². The number of rotatable bonds is 8. The first-order valence-corrected chi connectivity index (χ1v) is 7.38.